The van der Waals surface area contributed by atoms with E-state index in [1.165, 1.54) is 10.6 Å². The smallest absolute Gasteiger partial charge is 0.343 e. The zero-order valence-electron chi connectivity index (χ0n) is 20.8. The number of anilines is 1. The van der Waals surface area contributed by atoms with E-state index in [4.69, 9.17) is 27.9 Å². The van der Waals surface area contributed by atoms with Crippen LogP contribution in [0.2, 0.25) is 10.0 Å². The third-order valence-electron chi connectivity index (χ3n) is 7.43. The molecule has 2 aliphatic rings. The molecule has 0 aliphatic carbocycles. The fourth-order valence-corrected chi connectivity index (χ4v) is 6.42. The topological polar surface area (TPSA) is 89.0 Å². The van der Waals surface area contributed by atoms with Crippen molar-refractivity contribution in [3.05, 3.63) is 109 Å². The van der Waals surface area contributed by atoms with Gasteiger partial charge in [0.2, 0.25) is 5.91 Å². The maximum atomic E-state index is 16.1. The Morgan fingerprint density at radius 3 is 2.59 bits per heavy atom. The first-order valence-corrected chi connectivity index (χ1v) is 13.1. The fraction of sp³-hybridized carbons (Fsp3) is 0.250. The summed E-state index contributed by atoms with van der Waals surface area (Å²) in [5.74, 6) is -3.29. The monoisotopic (exact) mass is 570 g/mol. The van der Waals surface area contributed by atoms with E-state index < -0.39 is 46.7 Å². The van der Waals surface area contributed by atoms with Crippen molar-refractivity contribution in [1.82, 2.24) is 14.8 Å². The number of hydrogen-bond acceptors (Lipinski definition) is 4. The average Bonchev–Trinajstić information content (AvgIpc) is 3.38. The average molecular weight is 571 g/mol. The second-order valence-electron chi connectivity index (χ2n) is 9.98. The van der Waals surface area contributed by atoms with E-state index in [-0.39, 0.29) is 23.6 Å². The summed E-state index contributed by atoms with van der Waals surface area (Å²) in [4.78, 5) is 27.7. The van der Waals surface area contributed by atoms with Gasteiger partial charge in [0.1, 0.15) is 17.0 Å². The molecule has 3 unspecified atom stereocenters. The molecule has 0 radical (unpaired) electrons. The van der Waals surface area contributed by atoms with E-state index in [0.29, 0.717) is 26.9 Å². The molecule has 39 heavy (non-hydrogen) atoms. The van der Waals surface area contributed by atoms with Crippen LogP contribution in [-0.2, 0) is 16.6 Å². The van der Waals surface area contributed by atoms with E-state index in [9.17, 15) is 14.0 Å². The number of aromatic amines is 1. The quantitative estimate of drug-likeness (QED) is 0.326. The highest BCUT2D eigenvalue weighted by atomic mass is 35.5. The largest absolute Gasteiger partial charge is 0.491 e. The van der Waals surface area contributed by atoms with Gasteiger partial charge in [-0.2, -0.15) is 5.10 Å². The SMILES string of the molecule is CC(C)Oc1ccc(F)c(F)c1C1n2c(n[nH]c2=O)CC(c2cccc(Cl)c2)C12C(=O)Nc1cc(Cl)ccc12. The van der Waals surface area contributed by atoms with Crippen molar-refractivity contribution >= 4 is 34.8 Å². The lowest BCUT2D eigenvalue weighted by Crippen LogP contribution is -2.54. The number of benzene rings is 3. The van der Waals surface area contributed by atoms with Gasteiger partial charge in [0, 0.05) is 28.1 Å². The predicted molar refractivity (Wildman–Crippen MR) is 143 cm³/mol. The maximum absolute atomic E-state index is 16.1. The van der Waals surface area contributed by atoms with Gasteiger partial charge >= 0.3 is 5.69 Å². The lowest BCUT2D eigenvalue weighted by atomic mass is 9.59. The van der Waals surface area contributed by atoms with Crippen LogP contribution >= 0.6 is 23.2 Å². The molecule has 3 atom stereocenters. The number of fused-ring (bicyclic) bond motifs is 3. The molecule has 1 spiro atoms. The number of carbonyl (C=O) groups is 1. The molecule has 11 heteroatoms. The highest BCUT2D eigenvalue weighted by Gasteiger charge is 2.63. The third-order valence-corrected chi connectivity index (χ3v) is 7.90. The van der Waals surface area contributed by atoms with E-state index in [0.717, 1.165) is 6.07 Å². The Morgan fingerprint density at radius 2 is 1.85 bits per heavy atom. The van der Waals surface area contributed by atoms with Crippen LogP contribution in [0.5, 0.6) is 5.75 Å². The Hall–Kier alpha value is -3.69. The van der Waals surface area contributed by atoms with Crippen molar-refractivity contribution in [3.63, 3.8) is 0 Å². The van der Waals surface area contributed by atoms with Gasteiger partial charge in [-0.05, 0) is 61.4 Å². The van der Waals surface area contributed by atoms with E-state index >= 15 is 4.39 Å². The predicted octanol–water partition coefficient (Wildman–Crippen LogP) is 5.76. The lowest BCUT2D eigenvalue weighted by Gasteiger charge is -2.46. The minimum absolute atomic E-state index is 0.00860. The van der Waals surface area contributed by atoms with Gasteiger partial charge in [0.15, 0.2) is 11.6 Å². The van der Waals surface area contributed by atoms with Crippen molar-refractivity contribution < 1.29 is 18.3 Å². The highest BCUT2D eigenvalue weighted by molar-refractivity contribution is 6.31. The molecule has 6 rings (SSSR count). The second kappa shape index (κ2) is 9.20. The van der Waals surface area contributed by atoms with Crippen LogP contribution < -0.4 is 15.7 Å². The van der Waals surface area contributed by atoms with Crippen molar-refractivity contribution in [2.75, 3.05) is 5.32 Å². The van der Waals surface area contributed by atoms with Gasteiger partial charge in [0.05, 0.1) is 17.7 Å². The molecule has 1 aromatic heterocycles. The molecule has 0 bridgehead atoms. The standard InChI is InChI=1S/C28H22Cl2F2N4O3/c1-13(2)39-21-9-8-19(31)24(32)23(21)25-28(17-7-6-16(30)11-20(17)33-26(28)37)18(14-4-3-5-15(29)10-14)12-22-34-35-27(38)36(22)25/h3-11,13,18,25H,12H2,1-2H3,(H,33,37)(H,35,38). The zero-order chi connectivity index (χ0) is 27.6. The number of hydrogen-bond donors (Lipinski definition) is 2. The van der Waals surface area contributed by atoms with Crippen LogP contribution in [0, 0.1) is 11.6 Å². The Kier molecular flexibility index (Phi) is 6.04. The molecule has 3 heterocycles. The maximum Gasteiger partial charge on any atom is 0.343 e. The van der Waals surface area contributed by atoms with Gasteiger partial charge in [-0.3, -0.25) is 9.36 Å². The molecule has 2 N–H and O–H groups in total. The van der Waals surface area contributed by atoms with Gasteiger partial charge in [-0.25, -0.2) is 18.7 Å². The summed E-state index contributed by atoms with van der Waals surface area (Å²) < 4.78 is 38.2. The Bertz CT molecular complexity index is 1700. The summed E-state index contributed by atoms with van der Waals surface area (Å²) in [6.07, 6.45) is -0.288. The van der Waals surface area contributed by atoms with Crippen LogP contribution in [0.15, 0.2) is 59.4 Å². The fourth-order valence-electron chi connectivity index (χ4n) is 6.05. The van der Waals surface area contributed by atoms with Gasteiger partial charge in [-0.1, -0.05) is 41.4 Å². The molecule has 1 amide bonds. The molecular formula is C28H22Cl2F2N4O3. The van der Waals surface area contributed by atoms with E-state index in [2.05, 4.69) is 15.5 Å². The molecule has 3 aromatic carbocycles. The molecule has 4 aromatic rings. The summed E-state index contributed by atoms with van der Waals surface area (Å²) in [5, 5.41) is 10.3. The number of nitrogens with one attached hydrogen (secondary N) is 2. The van der Waals surface area contributed by atoms with Crippen LogP contribution in [0.25, 0.3) is 0 Å². The summed E-state index contributed by atoms with van der Waals surface area (Å²) in [7, 11) is 0. The zero-order valence-corrected chi connectivity index (χ0v) is 22.3. The first-order valence-electron chi connectivity index (χ1n) is 12.3. The molecule has 0 saturated carbocycles. The number of aromatic nitrogens is 3. The van der Waals surface area contributed by atoms with Gasteiger partial charge < -0.3 is 10.1 Å². The van der Waals surface area contributed by atoms with Crippen molar-refractivity contribution in [2.24, 2.45) is 0 Å². The molecule has 200 valence electrons. The minimum Gasteiger partial charge on any atom is -0.491 e. The minimum atomic E-state index is -1.64. The summed E-state index contributed by atoms with van der Waals surface area (Å²) in [5.41, 5.74) is -1.03. The number of rotatable bonds is 4. The van der Waals surface area contributed by atoms with E-state index in [1.54, 1.807) is 50.2 Å². The number of nitrogens with zero attached hydrogens (tertiary/aromatic N) is 2. The molecule has 7 nitrogen and oxygen atoms in total. The summed E-state index contributed by atoms with van der Waals surface area (Å²) in [6, 6.07) is 12.8. The van der Waals surface area contributed by atoms with Crippen molar-refractivity contribution in [3.8, 4) is 5.75 Å². The Morgan fingerprint density at radius 1 is 1.08 bits per heavy atom. The molecular weight excluding hydrogens is 549 g/mol. The van der Waals surface area contributed by atoms with Gasteiger partial charge in [-0.15, -0.1) is 0 Å². The number of H-pyrrole nitrogens is 1. The lowest BCUT2D eigenvalue weighted by molar-refractivity contribution is -0.123. The first-order chi connectivity index (χ1) is 18.6. The van der Waals surface area contributed by atoms with E-state index in [1.807, 2.05) is 6.07 Å². The van der Waals surface area contributed by atoms with Crippen molar-refractivity contribution in [2.45, 2.75) is 43.7 Å². The number of ether oxygens (including phenoxy) is 1. The number of carbonyl (C=O) groups excluding carboxylic acids is 1. The van der Waals surface area contributed by atoms with Gasteiger partial charge in [0.25, 0.3) is 0 Å². The second-order valence-corrected chi connectivity index (χ2v) is 10.9. The molecule has 0 fully saturated rings. The third kappa shape index (κ3) is 3.78. The van der Waals surface area contributed by atoms with Crippen LogP contribution in [-0.4, -0.2) is 26.8 Å². The normalized spacial score (nSPS) is 21.7. The Labute approximate surface area is 231 Å². The highest BCUT2D eigenvalue weighted by Crippen LogP contribution is 2.60. The Balaban J connectivity index is 1.78. The first kappa shape index (κ1) is 25.6. The summed E-state index contributed by atoms with van der Waals surface area (Å²) >= 11 is 12.7. The molecule has 2 aliphatic heterocycles. The summed E-state index contributed by atoms with van der Waals surface area (Å²) in [6.45, 7) is 3.48. The number of amides is 1. The number of halogens is 4. The van der Waals surface area contributed by atoms with Crippen LogP contribution in [0.1, 0.15) is 48.3 Å². The molecule has 0 saturated heterocycles. The van der Waals surface area contributed by atoms with Crippen molar-refractivity contribution in [1.29, 1.82) is 0 Å². The van der Waals surface area contributed by atoms with Crippen LogP contribution in [0.4, 0.5) is 14.5 Å². The van der Waals surface area contributed by atoms with Crippen LogP contribution in [0.3, 0.4) is 0 Å².